The van der Waals surface area contributed by atoms with Gasteiger partial charge < -0.3 is 10.2 Å². The molecule has 6 rings (SSSR count). The van der Waals surface area contributed by atoms with Gasteiger partial charge in [-0.05, 0) is 91.9 Å². The molecule has 0 saturated heterocycles. The van der Waals surface area contributed by atoms with Gasteiger partial charge in [0.25, 0.3) is 0 Å². The SMILES string of the molecule is C[C@@H](Nc1ccc(C23CC4CC(CC(C4)C2)C3)cc1)C(=O)N(C)Cc1ccccc1. The van der Waals surface area contributed by atoms with Gasteiger partial charge in [-0.15, -0.1) is 0 Å². The largest absolute Gasteiger partial charge is 0.374 e. The molecule has 30 heavy (non-hydrogen) atoms. The number of likely N-dealkylation sites (N-methyl/N-ethyl adjacent to an activating group) is 1. The summed E-state index contributed by atoms with van der Waals surface area (Å²) in [7, 11) is 1.88. The van der Waals surface area contributed by atoms with Crippen molar-refractivity contribution in [2.24, 2.45) is 17.8 Å². The van der Waals surface area contributed by atoms with Crippen LogP contribution in [0.25, 0.3) is 0 Å². The summed E-state index contributed by atoms with van der Waals surface area (Å²) in [5.74, 6) is 3.01. The Morgan fingerprint density at radius 1 is 0.967 bits per heavy atom. The summed E-state index contributed by atoms with van der Waals surface area (Å²) >= 11 is 0. The van der Waals surface area contributed by atoms with Gasteiger partial charge in [0.15, 0.2) is 0 Å². The number of amides is 1. The molecule has 0 spiro atoms. The molecule has 4 fully saturated rings. The predicted octanol–water partition coefficient (Wildman–Crippen LogP) is 5.61. The molecule has 158 valence electrons. The maximum absolute atomic E-state index is 12.8. The number of hydrogen-bond acceptors (Lipinski definition) is 2. The Bertz CT molecular complexity index is 854. The van der Waals surface area contributed by atoms with Crippen LogP contribution < -0.4 is 5.32 Å². The molecule has 0 radical (unpaired) electrons. The molecule has 4 aliphatic rings. The van der Waals surface area contributed by atoms with Crippen molar-refractivity contribution in [2.45, 2.75) is 63.5 Å². The lowest BCUT2D eigenvalue weighted by atomic mass is 9.48. The zero-order valence-electron chi connectivity index (χ0n) is 18.3. The number of carbonyl (C=O) groups is 1. The van der Waals surface area contributed by atoms with Gasteiger partial charge >= 0.3 is 0 Å². The third-order valence-electron chi connectivity index (χ3n) is 7.93. The van der Waals surface area contributed by atoms with Crippen molar-refractivity contribution < 1.29 is 4.79 Å². The molecule has 0 unspecified atom stereocenters. The van der Waals surface area contributed by atoms with Crippen LogP contribution in [0.5, 0.6) is 0 Å². The van der Waals surface area contributed by atoms with Crippen LogP contribution in [0.2, 0.25) is 0 Å². The Kier molecular flexibility index (Phi) is 5.08. The molecule has 0 heterocycles. The van der Waals surface area contributed by atoms with E-state index in [4.69, 9.17) is 0 Å². The maximum atomic E-state index is 12.8. The Morgan fingerprint density at radius 3 is 2.10 bits per heavy atom. The number of benzene rings is 2. The molecule has 1 N–H and O–H groups in total. The average Bonchev–Trinajstić information content (AvgIpc) is 2.73. The van der Waals surface area contributed by atoms with E-state index in [0.717, 1.165) is 29.0 Å². The first kappa shape index (κ1) is 19.7. The molecule has 2 aromatic rings. The Labute approximate surface area is 180 Å². The Morgan fingerprint density at radius 2 is 1.53 bits per heavy atom. The zero-order valence-corrected chi connectivity index (χ0v) is 18.3. The van der Waals surface area contributed by atoms with E-state index in [-0.39, 0.29) is 11.9 Å². The second-order valence-electron chi connectivity index (χ2n) is 10.3. The Hall–Kier alpha value is -2.29. The van der Waals surface area contributed by atoms with Crippen molar-refractivity contribution in [3.63, 3.8) is 0 Å². The maximum Gasteiger partial charge on any atom is 0.244 e. The highest BCUT2D eigenvalue weighted by Crippen LogP contribution is 2.60. The van der Waals surface area contributed by atoms with E-state index in [1.54, 1.807) is 4.90 Å². The number of nitrogens with zero attached hydrogens (tertiary/aromatic N) is 1. The lowest BCUT2D eigenvalue weighted by Crippen LogP contribution is -2.48. The second-order valence-corrected chi connectivity index (χ2v) is 10.3. The van der Waals surface area contributed by atoms with Gasteiger partial charge in [-0.25, -0.2) is 0 Å². The monoisotopic (exact) mass is 402 g/mol. The predicted molar refractivity (Wildman–Crippen MR) is 122 cm³/mol. The van der Waals surface area contributed by atoms with E-state index in [1.165, 1.54) is 44.1 Å². The van der Waals surface area contributed by atoms with E-state index in [9.17, 15) is 4.79 Å². The van der Waals surface area contributed by atoms with Gasteiger partial charge in [0, 0.05) is 19.3 Å². The second kappa shape index (κ2) is 7.76. The first-order valence-corrected chi connectivity index (χ1v) is 11.7. The normalized spacial score (nSPS) is 30.1. The lowest BCUT2D eigenvalue weighted by Gasteiger charge is -2.57. The van der Waals surface area contributed by atoms with E-state index >= 15 is 0 Å². The fraction of sp³-hybridized carbons (Fsp3) is 0.519. The van der Waals surface area contributed by atoms with E-state index in [1.807, 2.05) is 32.2 Å². The van der Waals surface area contributed by atoms with Gasteiger partial charge in [0.2, 0.25) is 5.91 Å². The number of nitrogens with one attached hydrogen (secondary N) is 1. The molecule has 2 aromatic carbocycles. The van der Waals surface area contributed by atoms with Crippen molar-refractivity contribution in [1.82, 2.24) is 4.90 Å². The number of anilines is 1. The van der Waals surface area contributed by atoms with Crippen LogP contribution in [-0.2, 0) is 16.8 Å². The van der Waals surface area contributed by atoms with Crippen molar-refractivity contribution >= 4 is 11.6 Å². The van der Waals surface area contributed by atoms with Crippen LogP contribution in [0.1, 0.15) is 56.6 Å². The molecule has 3 heteroatoms. The van der Waals surface area contributed by atoms with Crippen molar-refractivity contribution in [1.29, 1.82) is 0 Å². The number of carbonyl (C=O) groups excluding carboxylic acids is 1. The number of hydrogen-bond donors (Lipinski definition) is 1. The summed E-state index contributed by atoms with van der Waals surface area (Å²) in [6.45, 7) is 2.59. The highest BCUT2D eigenvalue weighted by molar-refractivity contribution is 5.84. The summed E-state index contributed by atoms with van der Waals surface area (Å²) in [5, 5.41) is 3.42. The highest BCUT2D eigenvalue weighted by Gasteiger charge is 2.51. The van der Waals surface area contributed by atoms with Crippen LogP contribution in [0, 0.1) is 17.8 Å². The topological polar surface area (TPSA) is 32.3 Å². The van der Waals surface area contributed by atoms with Crippen LogP contribution in [-0.4, -0.2) is 23.9 Å². The third kappa shape index (κ3) is 3.75. The molecule has 1 amide bonds. The third-order valence-corrected chi connectivity index (χ3v) is 7.93. The summed E-state index contributed by atoms with van der Waals surface area (Å²) < 4.78 is 0. The van der Waals surface area contributed by atoms with Crippen molar-refractivity contribution in [2.75, 3.05) is 12.4 Å². The number of rotatable bonds is 6. The smallest absolute Gasteiger partial charge is 0.244 e. The van der Waals surface area contributed by atoms with Crippen LogP contribution in [0.4, 0.5) is 5.69 Å². The van der Waals surface area contributed by atoms with Gasteiger partial charge in [0.05, 0.1) is 0 Å². The van der Waals surface area contributed by atoms with E-state index in [0.29, 0.717) is 12.0 Å². The molecular formula is C27H34N2O. The molecule has 4 bridgehead atoms. The fourth-order valence-corrected chi connectivity index (χ4v) is 6.96. The molecule has 4 aliphatic carbocycles. The minimum absolute atomic E-state index is 0.115. The molecular weight excluding hydrogens is 368 g/mol. The van der Waals surface area contributed by atoms with E-state index < -0.39 is 0 Å². The minimum atomic E-state index is -0.246. The van der Waals surface area contributed by atoms with Crippen LogP contribution in [0.15, 0.2) is 54.6 Å². The molecule has 4 saturated carbocycles. The summed E-state index contributed by atoms with van der Waals surface area (Å²) in [6.07, 6.45) is 8.62. The first-order chi connectivity index (χ1) is 14.5. The standard InChI is InChI=1S/C27H34N2O/c1-19(26(30)29(2)18-20-6-4-3-5-7-20)28-25-10-8-24(9-11-25)27-15-21-12-22(16-27)14-23(13-21)17-27/h3-11,19,21-23,28H,12-18H2,1-2H3/t19-,21?,22?,23?,27?/m1/s1. The quantitative estimate of drug-likeness (QED) is 0.681. The van der Waals surface area contributed by atoms with Gasteiger partial charge in [-0.3, -0.25) is 4.79 Å². The highest BCUT2D eigenvalue weighted by atomic mass is 16.2. The summed E-state index contributed by atoms with van der Waals surface area (Å²) in [5.41, 5.74) is 4.16. The van der Waals surface area contributed by atoms with Gasteiger partial charge in [-0.2, -0.15) is 0 Å². The van der Waals surface area contributed by atoms with E-state index in [2.05, 4.69) is 41.7 Å². The molecule has 1 atom stereocenters. The zero-order chi connectivity index (χ0) is 20.7. The first-order valence-electron chi connectivity index (χ1n) is 11.7. The Balaban J connectivity index is 1.22. The average molecular weight is 403 g/mol. The van der Waals surface area contributed by atoms with Crippen LogP contribution in [0.3, 0.4) is 0 Å². The minimum Gasteiger partial charge on any atom is -0.374 e. The van der Waals surface area contributed by atoms with Gasteiger partial charge in [0.1, 0.15) is 6.04 Å². The molecule has 0 aromatic heterocycles. The molecule has 0 aliphatic heterocycles. The summed E-state index contributed by atoms with van der Waals surface area (Å²) in [4.78, 5) is 14.6. The summed E-state index contributed by atoms with van der Waals surface area (Å²) in [6, 6.07) is 19.0. The fourth-order valence-electron chi connectivity index (χ4n) is 6.96. The van der Waals surface area contributed by atoms with Crippen molar-refractivity contribution in [3.8, 4) is 0 Å². The van der Waals surface area contributed by atoms with Crippen LogP contribution >= 0.6 is 0 Å². The lowest BCUT2D eigenvalue weighted by molar-refractivity contribution is -0.130. The van der Waals surface area contributed by atoms with Crippen molar-refractivity contribution in [3.05, 3.63) is 65.7 Å². The molecule has 3 nitrogen and oxygen atoms in total. The van der Waals surface area contributed by atoms with Gasteiger partial charge in [-0.1, -0.05) is 42.5 Å².